The number of fused-ring (bicyclic) bond motifs is 1. The van der Waals surface area contributed by atoms with Crippen LogP contribution >= 0.6 is 11.6 Å². The van der Waals surface area contributed by atoms with Crippen LogP contribution in [0.1, 0.15) is 6.92 Å². The number of rotatable bonds is 1. The highest BCUT2D eigenvalue weighted by molar-refractivity contribution is 6.34. The van der Waals surface area contributed by atoms with Gasteiger partial charge in [0.1, 0.15) is 5.52 Å². The first-order valence-corrected chi connectivity index (χ1v) is 4.16. The molecule has 2 heterocycles. The number of aryl methyl sites for hydroxylation is 1. The van der Waals surface area contributed by atoms with E-state index in [1.54, 1.807) is 18.6 Å². The summed E-state index contributed by atoms with van der Waals surface area (Å²) >= 11 is 5.91. The van der Waals surface area contributed by atoms with Crippen LogP contribution in [0.4, 0.5) is 0 Å². The first-order valence-electron chi connectivity index (χ1n) is 3.78. The first-order chi connectivity index (χ1) is 5.83. The zero-order chi connectivity index (χ0) is 8.55. The van der Waals surface area contributed by atoms with E-state index in [0.717, 1.165) is 17.7 Å². The Morgan fingerprint density at radius 2 is 2.33 bits per heavy atom. The molecule has 0 atom stereocenters. The van der Waals surface area contributed by atoms with Crippen LogP contribution in [0.2, 0.25) is 5.02 Å². The summed E-state index contributed by atoms with van der Waals surface area (Å²) in [6.07, 6.45) is 3.45. The van der Waals surface area contributed by atoms with Crippen LogP contribution in [0.3, 0.4) is 0 Å². The van der Waals surface area contributed by atoms with E-state index in [9.17, 15) is 0 Å². The average Bonchev–Trinajstić information content (AvgIpc) is 2.49. The van der Waals surface area contributed by atoms with E-state index < -0.39 is 0 Å². The molecule has 0 aliphatic carbocycles. The van der Waals surface area contributed by atoms with Gasteiger partial charge in [0, 0.05) is 12.7 Å². The Kier molecular flexibility index (Phi) is 1.73. The van der Waals surface area contributed by atoms with Gasteiger partial charge in [-0.1, -0.05) is 11.6 Å². The lowest BCUT2D eigenvalue weighted by atomic mass is 10.4. The molecule has 0 fully saturated rings. The maximum absolute atomic E-state index is 5.91. The average molecular weight is 182 g/mol. The van der Waals surface area contributed by atoms with Crippen LogP contribution in [0, 0.1) is 0 Å². The molecule has 0 N–H and O–H groups in total. The second kappa shape index (κ2) is 2.75. The quantitative estimate of drug-likeness (QED) is 0.675. The van der Waals surface area contributed by atoms with Crippen molar-refractivity contribution in [2.24, 2.45) is 0 Å². The molecule has 0 saturated heterocycles. The molecule has 0 saturated carbocycles. The predicted molar refractivity (Wildman–Crippen MR) is 48.2 cm³/mol. The van der Waals surface area contributed by atoms with E-state index in [1.807, 2.05) is 11.5 Å². The fourth-order valence-electron chi connectivity index (χ4n) is 1.16. The van der Waals surface area contributed by atoms with Crippen molar-refractivity contribution in [2.45, 2.75) is 13.5 Å². The summed E-state index contributed by atoms with van der Waals surface area (Å²) in [6, 6.07) is 1.75. The van der Waals surface area contributed by atoms with Crippen LogP contribution < -0.4 is 0 Å². The number of nitrogens with zero attached hydrogens (tertiary/aromatic N) is 3. The SMILES string of the molecule is CCn1cnc2c(Cl)ccnc21. The summed E-state index contributed by atoms with van der Waals surface area (Å²) in [5.41, 5.74) is 1.63. The van der Waals surface area contributed by atoms with E-state index in [1.165, 1.54) is 0 Å². The number of imidazole rings is 1. The standard InChI is InChI=1S/C8H8ClN3/c1-2-12-5-11-7-6(9)3-4-10-8(7)12/h3-5H,2H2,1H3. The molecule has 0 aliphatic heterocycles. The summed E-state index contributed by atoms with van der Waals surface area (Å²) in [7, 11) is 0. The highest BCUT2D eigenvalue weighted by atomic mass is 35.5. The van der Waals surface area contributed by atoms with Crippen LogP contribution in [0.5, 0.6) is 0 Å². The molecule has 0 aromatic carbocycles. The Morgan fingerprint density at radius 1 is 1.50 bits per heavy atom. The largest absolute Gasteiger partial charge is 0.316 e. The third kappa shape index (κ3) is 0.975. The van der Waals surface area contributed by atoms with Gasteiger partial charge >= 0.3 is 0 Å². The lowest BCUT2D eigenvalue weighted by Gasteiger charge is -1.96. The minimum atomic E-state index is 0.659. The molecule has 0 spiro atoms. The van der Waals surface area contributed by atoms with Gasteiger partial charge in [-0.25, -0.2) is 9.97 Å². The van der Waals surface area contributed by atoms with Gasteiger partial charge in [0.15, 0.2) is 5.65 Å². The third-order valence-corrected chi connectivity index (χ3v) is 2.10. The maximum atomic E-state index is 5.91. The number of halogens is 1. The fourth-order valence-corrected chi connectivity index (χ4v) is 1.35. The van der Waals surface area contributed by atoms with Gasteiger partial charge in [0.05, 0.1) is 11.3 Å². The Hall–Kier alpha value is -1.09. The minimum absolute atomic E-state index is 0.659. The van der Waals surface area contributed by atoms with Crippen molar-refractivity contribution >= 4 is 22.8 Å². The highest BCUT2D eigenvalue weighted by Gasteiger charge is 2.04. The summed E-state index contributed by atoms with van der Waals surface area (Å²) in [6.45, 7) is 2.91. The summed E-state index contributed by atoms with van der Waals surface area (Å²) in [4.78, 5) is 8.35. The smallest absolute Gasteiger partial charge is 0.161 e. The Balaban J connectivity index is 2.80. The van der Waals surface area contributed by atoms with Crippen molar-refractivity contribution in [3.63, 3.8) is 0 Å². The fraction of sp³-hybridized carbons (Fsp3) is 0.250. The second-order valence-corrected chi connectivity index (χ2v) is 2.90. The molecule has 0 radical (unpaired) electrons. The van der Waals surface area contributed by atoms with Gasteiger partial charge in [-0.2, -0.15) is 0 Å². The first kappa shape index (κ1) is 7.55. The minimum Gasteiger partial charge on any atom is -0.316 e. The van der Waals surface area contributed by atoms with Gasteiger partial charge in [-0.05, 0) is 13.0 Å². The molecule has 0 bridgehead atoms. The van der Waals surface area contributed by atoms with Gasteiger partial charge in [0.25, 0.3) is 0 Å². The molecule has 2 aromatic rings. The summed E-state index contributed by atoms with van der Waals surface area (Å²) in [5, 5.41) is 0.659. The van der Waals surface area contributed by atoms with E-state index in [-0.39, 0.29) is 0 Å². The molecule has 12 heavy (non-hydrogen) atoms. The van der Waals surface area contributed by atoms with E-state index in [2.05, 4.69) is 9.97 Å². The van der Waals surface area contributed by atoms with Crippen molar-refractivity contribution in [3.8, 4) is 0 Å². The molecular weight excluding hydrogens is 174 g/mol. The van der Waals surface area contributed by atoms with Gasteiger partial charge in [0.2, 0.25) is 0 Å². The Morgan fingerprint density at radius 3 is 3.08 bits per heavy atom. The molecule has 0 aliphatic rings. The number of pyridine rings is 1. The van der Waals surface area contributed by atoms with Crippen LogP contribution in [0.15, 0.2) is 18.6 Å². The van der Waals surface area contributed by atoms with Crippen molar-refractivity contribution in [1.82, 2.24) is 14.5 Å². The molecular formula is C8H8ClN3. The topological polar surface area (TPSA) is 30.7 Å². The summed E-state index contributed by atoms with van der Waals surface area (Å²) in [5.74, 6) is 0. The van der Waals surface area contributed by atoms with Crippen molar-refractivity contribution in [3.05, 3.63) is 23.6 Å². The van der Waals surface area contributed by atoms with Crippen molar-refractivity contribution in [1.29, 1.82) is 0 Å². The highest BCUT2D eigenvalue weighted by Crippen LogP contribution is 2.18. The second-order valence-electron chi connectivity index (χ2n) is 2.50. The molecule has 2 aromatic heterocycles. The number of hydrogen-bond donors (Lipinski definition) is 0. The molecule has 0 unspecified atom stereocenters. The third-order valence-electron chi connectivity index (χ3n) is 1.79. The predicted octanol–water partition coefficient (Wildman–Crippen LogP) is 2.10. The number of hydrogen-bond acceptors (Lipinski definition) is 2. The monoisotopic (exact) mass is 181 g/mol. The van der Waals surface area contributed by atoms with Crippen LogP contribution in [0.25, 0.3) is 11.2 Å². The van der Waals surface area contributed by atoms with Gasteiger partial charge < -0.3 is 4.57 Å². The molecule has 2 rings (SSSR count). The zero-order valence-electron chi connectivity index (χ0n) is 6.66. The maximum Gasteiger partial charge on any atom is 0.161 e. The van der Waals surface area contributed by atoms with Gasteiger partial charge in [-0.3, -0.25) is 0 Å². The van der Waals surface area contributed by atoms with Crippen molar-refractivity contribution < 1.29 is 0 Å². The van der Waals surface area contributed by atoms with Crippen LogP contribution in [-0.2, 0) is 6.54 Å². The Labute approximate surface area is 75.0 Å². The zero-order valence-corrected chi connectivity index (χ0v) is 7.41. The van der Waals surface area contributed by atoms with Gasteiger partial charge in [-0.15, -0.1) is 0 Å². The summed E-state index contributed by atoms with van der Waals surface area (Å²) < 4.78 is 1.96. The molecule has 62 valence electrons. The van der Waals surface area contributed by atoms with E-state index >= 15 is 0 Å². The normalized spacial score (nSPS) is 10.8. The Bertz CT molecular complexity index is 408. The molecule has 4 heteroatoms. The van der Waals surface area contributed by atoms with E-state index in [0.29, 0.717) is 5.02 Å². The van der Waals surface area contributed by atoms with E-state index in [4.69, 9.17) is 11.6 Å². The number of aromatic nitrogens is 3. The molecule has 0 amide bonds. The molecule has 3 nitrogen and oxygen atoms in total. The van der Waals surface area contributed by atoms with Crippen LogP contribution in [-0.4, -0.2) is 14.5 Å². The lowest BCUT2D eigenvalue weighted by molar-refractivity contribution is 0.778. The van der Waals surface area contributed by atoms with Crippen molar-refractivity contribution in [2.75, 3.05) is 0 Å². The lowest BCUT2D eigenvalue weighted by Crippen LogP contribution is -1.92.